The number of ether oxygens (including phenoxy) is 1. The van der Waals surface area contributed by atoms with E-state index in [4.69, 9.17) is 9.15 Å². The average Bonchev–Trinajstić information content (AvgIpc) is 3.12. The molecule has 0 aliphatic rings. The van der Waals surface area contributed by atoms with Crippen LogP contribution < -0.4 is 10.1 Å². The van der Waals surface area contributed by atoms with Crippen LogP contribution in [0.4, 0.5) is 5.69 Å². The Morgan fingerprint density at radius 2 is 1.81 bits per heavy atom. The maximum absolute atomic E-state index is 12.3. The first kappa shape index (κ1) is 18.0. The topological polar surface area (TPSA) is 77.2 Å². The largest absolute Gasteiger partial charge is 0.497 e. The average molecular weight is 369 g/mol. The molecule has 3 aromatic rings. The summed E-state index contributed by atoms with van der Waals surface area (Å²) in [6.07, 6.45) is 0. The van der Waals surface area contributed by atoms with Crippen molar-refractivity contribution in [3.63, 3.8) is 0 Å². The summed E-state index contributed by atoms with van der Waals surface area (Å²) in [7, 11) is 1.61. The van der Waals surface area contributed by atoms with Crippen molar-refractivity contribution in [2.45, 2.75) is 24.3 Å². The van der Waals surface area contributed by atoms with Crippen molar-refractivity contribution >= 4 is 23.4 Å². The van der Waals surface area contributed by atoms with Crippen LogP contribution in [0, 0.1) is 6.92 Å². The quantitative estimate of drug-likeness (QED) is 0.657. The third-order valence-electron chi connectivity index (χ3n) is 3.71. The molecule has 1 atom stereocenters. The number of rotatable bonds is 6. The number of amides is 1. The highest BCUT2D eigenvalue weighted by molar-refractivity contribution is 8.00. The van der Waals surface area contributed by atoms with Gasteiger partial charge in [0.05, 0.1) is 12.4 Å². The molecule has 3 rings (SSSR count). The lowest BCUT2D eigenvalue weighted by atomic mass is 10.2. The van der Waals surface area contributed by atoms with Crippen LogP contribution in [0.5, 0.6) is 5.75 Å². The van der Waals surface area contributed by atoms with Gasteiger partial charge in [0, 0.05) is 11.3 Å². The predicted octanol–water partition coefficient (Wildman–Crippen LogP) is 4.17. The second-order valence-corrected chi connectivity index (χ2v) is 7.01. The number of hydrogen-bond donors (Lipinski definition) is 1. The lowest BCUT2D eigenvalue weighted by Crippen LogP contribution is -2.22. The van der Waals surface area contributed by atoms with Crippen LogP contribution in [-0.4, -0.2) is 28.5 Å². The summed E-state index contributed by atoms with van der Waals surface area (Å²) in [5, 5.41) is 10.9. The van der Waals surface area contributed by atoms with E-state index < -0.39 is 0 Å². The molecule has 7 heteroatoms. The number of nitrogens with one attached hydrogen (secondary N) is 1. The Morgan fingerprint density at radius 3 is 2.46 bits per heavy atom. The summed E-state index contributed by atoms with van der Waals surface area (Å²) < 4.78 is 10.8. The minimum absolute atomic E-state index is 0.122. The van der Waals surface area contributed by atoms with Crippen LogP contribution in [0.25, 0.3) is 11.5 Å². The lowest BCUT2D eigenvalue weighted by molar-refractivity contribution is -0.115. The Bertz CT molecular complexity index is 876. The molecule has 1 unspecified atom stereocenters. The Hall–Kier alpha value is -2.80. The van der Waals surface area contributed by atoms with E-state index >= 15 is 0 Å². The molecule has 0 saturated heterocycles. The minimum Gasteiger partial charge on any atom is -0.497 e. The van der Waals surface area contributed by atoms with Crippen LogP contribution >= 0.6 is 11.8 Å². The molecular formula is C19H19N3O3S. The van der Waals surface area contributed by atoms with E-state index in [1.54, 1.807) is 14.0 Å². The predicted molar refractivity (Wildman–Crippen MR) is 101 cm³/mol. The highest BCUT2D eigenvalue weighted by atomic mass is 32.2. The molecule has 1 heterocycles. The maximum atomic E-state index is 12.3. The Balaban J connectivity index is 1.62. The summed E-state index contributed by atoms with van der Waals surface area (Å²) in [5.41, 5.74) is 2.70. The standard InChI is InChI=1S/C19H19N3O3S/c1-12-4-8-15(9-5-12)20-17(23)13(2)26-19-22-21-18(25-19)14-6-10-16(24-3)11-7-14/h4-11,13H,1-3H3,(H,20,23). The van der Waals surface area contributed by atoms with E-state index in [0.29, 0.717) is 11.1 Å². The van der Waals surface area contributed by atoms with Crippen LogP contribution in [0.3, 0.4) is 0 Å². The molecule has 6 nitrogen and oxygen atoms in total. The summed E-state index contributed by atoms with van der Waals surface area (Å²) in [6.45, 7) is 3.80. The van der Waals surface area contributed by atoms with E-state index in [9.17, 15) is 4.79 Å². The SMILES string of the molecule is COc1ccc(-c2nnc(SC(C)C(=O)Nc3ccc(C)cc3)o2)cc1. The molecule has 1 N–H and O–H groups in total. The fraction of sp³-hybridized carbons (Fsp3) is 0.211. The van der Waals surface area contributed by atoms with Crippen LogP contribution in [-0.2, 0) is 4.79 Å². The van der Waals surface area contributed by atoms with Crippen molar-refractivity contribution in [2.75, 3.05) is 12.4 Å². The number of methoxy groups -OCH3 is 1. The number of hydrogen-bond acceptors (Lipinski definition) is 6. The molecule has 0 aliphatic carbocycles. The smallest absolute Gasteiger partial charge is 0.277 e. The Morgan fingerprint density at radius 1 is 1.12 bits per heavy atom. The third kappa shape index (κ3) is 4.43. The van der Waals surface area contributed by atoms with Crippen LogP contribution in [0.15, 0.2) is 58.2 Å². The number of carbonyl (C=O) groups excluding carboxylic acids is 1. The molecule has 0 spiro atoms. The molecule has 134 valence electrons. The van der Waals surface area contributed by atoms with Gasteiger partial charge in [-0.2, -0.15) is 0 Å². The van der Waals surface area contributed by atoms with Gasteiger partial charge in [-0.3, -0.25) is 4.79 Å². The lowest BCUT2D eigenvalue weighted by Gasteiger charge is -2.10. The highest BCUT2D eigenvalue weighted by Gasteiger charge is 2.19. The van der Waals surface area contributed by atoms with Crippen molar-refractivity contribution in [3.05, 3.63) is 54.1 Å². The molecular weight excluding hydrogens is 350 g/mol. The van der Waals surface area contributed by atoms with E-state index in [0.717, 1.165) is 22.6 Å². The molecule has 2 aromatic carbocycles. The van der Waals surface area contributed by atoms with Crippen molar-refractivity contribution in [1.82, 2.24) is 10.2 Å². The number of nitrogens with zero attached hydrogens (tertiary/aromatic N) is 2. The van der Waals surface area contributed by atoms with Crippen molar-refractivity contribution in [1.29, 1.82) is 0 Å². The van der Waals surface area contributed by atoms with Gasteiger partial charge in [0.2, 0.25) is 11.8 Å². The van der Waals surface area contributed by atoms with Gasteiger partial charge in [0.25, 0.3) is 5.22 Å². The molecule has 1 aromatic heterocycles. The van der Waals surface area contributed by atoms with E-state index in [-0.39, 0.29) is 11.2 Å². The maximum Gasteiger partial charge on any atom is 0.277 e. The molecule has 26 heavy (non-hydrogen) atoms. The molecule has 1 amide bonds. The van der Waals surface area contributed by atoms with E-state index in [1.165, 1.54) is 11.8 Å². The first-order chi connectivity index (χ1) is 12.5. The second kappa shape index (κ2) is 8.05. The number of carbonyl (C=O) groups is 1. The summed E-state index contributed by atoms with van der Waals surface area (Å²) in [6, 6.07) is 15.0. The molecule has 0 radical (unpaired) electrons. The van der Waals surface area contributed by atoms with Gasteiger partial charge in [-0.05, 0) is 50.2 Å². The number of benzene rings is 2. The van der Waals surface area contributed by atoms with Gasteiger partial charge in [-0.25, -0.2) is 0 Å². The number of aryl methyl sites for hydroxylation is 1. The fourth-order valence-electron chi connectivity index (χ4n) is 2.19. The van der Waals surface area contributed by atoms with Crippen LogP contribution in [0.1, 0.15) is 12.5 Å². The third-order valence-corrected chi connectivity index (χ3v) is 4.64. The van der Waals surface area contributed by atoms with Gasteiger partial charge in [0.15, 0.2) is 0 Å². The molecule has 0 fully saturated rings. The minimum atomic E-state index is -0.375. The van der Waals surface area contributed by atoms with Crippen molar-refractivity contribution in [3.8, 4) is 17.2 Å². The monoisotopic (exact) mass is 369 g/mol. The van der Waals surface area contributed by atoms with Gasteiger partial charge in [-0.15, -0.1) is 10.2 Å². The van der Waals surface area contributed by atoms with Gasteiger partial charge < -0.3 is 14.5 Å². The first-order valence-corrected chi connectivity index (χ1v) is 8.95. The fourth-order valence-corrected chi connectivity index (χ4v) is 2.88. The first-order valence-electron chi connectivity index (χ1n) is 8.07. The summed E-state index contributed by atoms with van der Waals surface area (Å²) in [5.74, 6) is 1.04. The number of anilines is 1. The number of aromatic nitrogens is 2. The van der Waals surface area contributed by atoms with Gasteiger partial charge >= 0.3 is 0 Å². The second-order valence-electron chi connectivity index (χ2n) is 5.72. The summed E-state index contributed by atoms with van der Waals surface area (Å²) >= 11 is 1.22. The van der Waals surface area contributed by atoms with Crippen LogP contribution in [0.2, 0.25) is 0 Å². The van der Waals surface area contributed by atoms with Crippen molar-refractivity contribution < 1.29 is 13.9 Å². The van der Waals surface area contributed by atoms with Gasteiger partial charge in [-0.1, -0.05) is 29.5 Å². The zero-order valence-corrected chi connectivity index (χ0v) is 15.5. The Labute approximate surface area is 156 Å². The summed E-state index contributed by atoms with van der Waals surface area (Å²) in [4.78, 5) is 12.3. The molecule has 0 saturated carbocycles. The van der Waals surface area contributed by atoms with Gasteiger partial charge in [0.1, 0.15) is 5.75 Å². The normalized spacial score (nSPS) is 11.8. The zero-order chi connectivity index (χ0) is 18.5. The van der Waals surface area contributed by atoms with E-state index in [1.807, 2.05) is 55.5 Å². The van der Waals surface area contributed by atoms with E-state index in [2.05, 4.69) is 15.5 Å². The molecule has 0 bridgehead atoms. The van der Waals surface area contributed by atoms with Crippen molar-refractivity contribution in [2.24, 2.45) is 0 Å². The molecule has 0 aliphatic heterocycles. The highest BCUT2D eigenvalue weighted by Crippen LogP contribution is 2.27. The Kier molecular flexibility index (Phi) is 5.58. The number of thioether (sulfide) groups is 1. The zero-order valence-electron chi connectivity index (χ0n) is 14.7.